The van der Waals surface area contributed by atoms with E-state index in [1.807, 2.05) is 104 Å². The fourth-order valence-electron chi connectivity index (χ4n) is 9.58. The molecular weight excluding hydrogens is 969 g/mol. The highest BCUT2D eigenvalue weighted by atomic mass is 16.7. The Bertz CT molecular complexity index is 3660. The molecule has 0 spiro atoms. The van der Waals surface area contributed by atoms with Gasteiger partial charge >= 0.3 is 11.9 Å². The molecule has 2 aromatic carbocycles. The SMILES string of the molecule is C1OCC2OC12.CCOC(=O)c1cnc2c(N(C)Cc3ccccc3)cc(-c3c[nH]c4ncccc34)nn12.CCOC(=O)c1cnc2c(N(C)Cc3ccccc3)cc(-c3cn(C4COCC4O)c4ncccc34)nn12. The summed E-state index contributed by atoms with van der Waals surface area (Å²) in [6.45, 7) is 7.73. The molecule has 0 bridgehead atoms. The average Bonchev–Trinajstić information content (AvgIpc) is 4.25. The van der Waals surface area contributed by atoms with Crippen LogP contribution < -0.4 is 9.80 Å². The zero-order valence-corrected chi connectivity index (χ0v) is 42.4. The molecule has 388 valence electrons. The minimum absolute atomic E-state index is 0.247. The number of nitrogens with zero attached hydrogens (tertiary/aromatic N) is 11. The minimum Gasteiger partial charge on any atom is -0.461 e. The molecule has 20 nitrogen and oxygen atoms in total. The smallest absolute Gasteiger partial charge is 0.358 e. The Morgan fingerprint density at radius 1 is 0.658 bits per heavy atom. The van der Waals surface area contributed by atoms with Crippen LogP contribution in [0, 0.1) is 0 Å². The van der Waals surface area contributed by atoms with Crippen LogP contribution in [0.4, 0.5) is 11.4 Å². The molecule has 20 heteroatoms. The van der Waals surface area contributed by atoms with E-state index in [-0.39, 0.29) is 37.3 Å². The Kier molecular flexibility index (Phi) is 14.2. The van der Waals surface area contributed by atoms with Crippen LogP contribution in [0.5, 0.6) is 0 Å². The molecule has 10 aromatic rings. The normalized spacial score (nSPS) is 17.5. The maximum Gasteiger partial charge on any atom is 0.358 e. The number of esters is 2. The van der Waals surface area contributed by atoms with Gasteiger partial charge in [0.15, 0.2) is 22.7 Å². The predicted octanol–water partition coefficient (Wildman–Crippen LogP) is 7.36. The molecular formula is C56H56N12O8. The van der Waals surface area contributed by atoms with Gasteiger partial charge in [-0.05, 0) is 61.4 Å². The third-order valence-electron chi connectivity index (χ3n) is 13.4. The van der Waals surface area contributed by atoms with Gasteiger partial charge in [-0.1, -0.05) is 60.7 Å². The predicted molar refractivity (Wildman–Crippen MR) is 284 cm³/mol. The van der Waals surface area contributed by atoms with Crippen LogP contribution in [-0.4, -0.2) is 138 Å². The number of ether oxygens (including phenoxy) is 5. The van der Waals surface area contributed by atoms with Gasteiger partial charge in [0.05, 0.1) is 80.8 Å². The van der Waals surface area contributed by atoms with E-state index in [2.05, 4.69) is 59.0 Å². The maximum atomic E-state index is 12.8. The highest BCUT2D eigenvalue weighted by Gasteiger charge is 2.44. The summed E-state index contributed by atoms with van der Waals surface area (Å²) < 4.78 is 31.1. The molecule has 3 saturated heterocycles. The van der Waals surface area contributed by atoms with Gasteiger partial charge in [0, 0.05) is 73.9 Å². The molecule has 0 saturated carbocycles. The van der Waals surface area contributed by atoms with E-state index in [1.165, 1.54) is 18.0 Å². The van der Waals surface area contributed by atoms with E-state index in [1.54, 1.807) is 35.3 Å². The van der Waals surface area contributed by atoms with E-state index in [4.69, 9.17) is 33.9 Å². The fourth-order valence-corrected chi connectivity index (χ4v) is 9.58. The molecule has 2 N–H and O–H groups in total. The summed E-state index contributed by atoms with van der Waals surface area (Å²) in [5.41, 5.74) is 10.2. The second kappa shape index (κ2) is 21.7. The number of rotatable bonds is 13. The summed E-state index contributed by atoms with van der Waals surface area (Å²) in [5.74, 6) is -0.946. The van der Waals surface area contributed by atoms with Crippen molar-refractivity contribution in [1.29, 1.82) is 0 Å². The summed E-state index contributed by atoms with van der Waals surface area (Å²) in [6.07, 6.45) is 10.7. The monoisotopic (exact) mass is 1020 g/mol. The number of anilines is 2. The molecule has 3 fully saturated rings. The Labute approximate surface area is 436 Å². The number of aliphatic hydroxyl groups is 1. The fraction of sp³-hybridized carbons (Fsp3) is 0.286. The van der Waals surface area contributed by atoms with Gasteiger partial charge in [0.1, 0.15) is 29.6 Å². The van der Waals surface area contributed by atoms with E-state index in [0.717, 1.165) is 63.3 Å². The third-order valence-corrected chi connectivity index (χ3v) is 13.4. The van der Waals surface area contributed by atoms with Crippen LogP contribution in [-0.2, 0) is 36.8 Å². The number of nitrogens with one attached hydrogen (secondary N) is 1. The van der Waals surface area contributed by atoms with Gasteiger partial charge in [0.2, 0.25) is 0 Å². The second-order valence-corrected chi connectivity index (χ2v) is 18.6. The third kappa shape index (κ3) is 10.0. The van der Waals surface area contributed by atoms with Gasteiger partial charge in [0.25, 0.3) is 0 Å². The molecule has 4 unspecified atom stereocenters. The van der Waals surface area contributed by atoms with Crippen LogP contribution in [0.1, 0.15) is 52.0 Å². The highest BCUT2D eigenvalue weighted by Crippen LogP contribution is 2.36. The standard InChI is InChI=1S/C28H28N6O4.C24H22N6O2.C4H6O2/c1-3-38-28(36)23-13-30-27-22(32(2)14-18-8-5-4-6-9-18)12-21(31-34(23)27)20-15-33(24-16-37-17-25(24)35)26-19(20)10-7-11-29-26;1-3-32-24(31)21-14-27-23-20(29(2)15-16-8-5-4-6-9-16)12-19(28-30(21)23)18-13-26-22-17(18)10-7-11-25-22;1-3-4(6-3)2-5-1/h4-13,15,24-25,35H,3,14,16-17H2,1-2H3;4-14H,3,15H2,1-2H3,(H,25,26);3-4H,1-2H2. The van der Waals surface area contributed by atoms with Crippen LogP contribution >= 0.6 is 0 Å². The molecule has 8 aromatic heterocycles. The van der Waals surface area contributed by atoms with E-state index in [0.29, 0.717) is 54.6 Å². The number of aromatic amines is 1. The topological polar surface area (TPSA) is 217 Å². The summed E-state index contributed by atoms with van der Waals surface area (Å²) in [5, 5.41) is 22.0. The van der Waals surface area contributed by atoms with Crippen molar-refractivity contribution in [3.05, 3.63) is 157 Å². The molecule has 0 radical (unpaired) electrons. The van der Waals surface area contributed by atoms with E-state index in [9.17, 15) is 14.7 Å². The number of aliphatic hydroxyl groups excluding tert-OH is 1. The van der Waals surface area contributed by atoms with Gasteiger partial charge in [-0.15, -0.1) is 0 Å². The van der Waals surface area contributed by atoms with Crippen LogP contribution in [0.2, 0.25) is 0 Å². The van der Waals surface area contributed by atoms with Gasteiger partial charge < -0.3 is 48.1 Å². The number of benzene rings is 2. The van der Waals surface area contributed by atoms with Crippen molar-refractivity contribution in [2.75, 3.05) is 63.5 Å². The number of imidazole rings is 2. The number of hydrogen-bond acceptors (Lipinski definition) is 16. The Hall–Kier alpha value is -8.56. The molecule has 3 aliphatic rings. The Balaban J connectivity index is 0.000000147. The van der Waals surface area contributed by atoms with Crippen molar-refractivity contribution in [3.63, 3.8) is 0 Å². The first-order chi connectivity index (χ1) is 37.2. The maximum absolute atomic E-state index is 12.8. The van der Waals surface area contributed by atoms with Crippen LogP contribution in [0.15, 0.2) is 134 Å². The number of carbonyl (C=O) groups excluding carboxylic acids is 2. The minimum atomic E-state index is -0.632. The van der Waals surface area contributed by atoms with Crippen molar-refractivity contribution >= 4 is 56.7 Å². The van der Waals surface area contributed by atoms with Gasteiger partial charge in [-0.3, -0.25) is 0 Å². The number of fused-ring (bicyclic) bond motifs is 5. The number of aromatic nitrogens is 10. The largest absolute Gasteiger partial charge is 0.461 e. The molecule has 3 aliphatic heterocycles. The first-order valence-electron chi connectivity index (χ1n) is 25.2. The zero-order chi connectivity index (χ0) is 52.3. The zero-order valence-electron chi connectivity index (χ0n) is 42.4. The van der Waals surface area contributed by atoms with E-state index >= 15 is 0 Å². The van der Waals surface area contributed by atoms with Crippen molar-refractivity contribution < 1.29 is 38.4 Å². The summed E-state index contributed by atoms with van der Waals surface area (Å²) in [7, 11) is 3.99. The lowest BCUT2D eigenvalue weighted by Gasteiger charge is -2.21. The number of pyridine rings is 2. The van der Waals surface area contributed by atoms with Crippen molar-refractivity contribution in [1.82, 2.24) is 48.7 Å². The van der Waals surface area contributed by atoms with Crippen LogP contribution in [0.25, 0.3) is 55.9 Å². The molecule has 13 rings (SSSR count). The molecule has 4 atom stereocenters. The lowest BCUT2D eigenvalue weighted by Crippen LogP contribution is -2.21. The Morgan fingerprint density at radius 3 is 1.71 bits per heavy atom. The number of epoxide rings is 1. The second-order valence-electron chi connectivity index (χ2n) is 18.6. The number of hydrogen-bond donors (Lipinski definition) is 2. The molecule has 76 heavy (non-hydrogen) atoms. The van der Waals surface area contributed by atoms with Crippen molar-refractivity contribution in [2.24, 2.45) is 0 Å². The van der Waals surface area contributed by atoms with Crippen LogP contribution in [0.3, 0.4) is 0 Å². The summed E-state index contributed by atoms with van der Waals surface area (Å²) in [4.78, 5) is 50.7. The number of carbonyl (C=O) groups is 2. The highest BCUT2D eigenvalue weighted by molar-refractivity contribution is 5.96. The number of H-pyrrole nitrogens is 1. The first-order valence-corrected chi connectivity index (χ1v) is 25.2. The van der Waals surface area contributed by atoms with Gasteiger partial charge in [-0.25, -0.2) is 38.6 Å². The molecule has 11 heterocycles. The van der Waals surface area contributed by atoms with Crippen molar-refractivity contribution in [2.45, 2.75) is 51.3 Å². The lowest BCUT2D eigenvalue weighted by atomic mass is 10.1. The van der Waals surface area contributed by atoms with Gasteiger partial charge in [-0.2, -0.15) is 10.2 Å². The summed E-state index contributed by atoms with van der Waals surface area (Å²) >= 11 is 0. The molecule has 0 aliphatic carbocycles. The molecule has 0 amide bonds. The average molecular weight is 1030 g/mol. The Morgan fingerprint density at radius 2 is 1.20 bits per heavy atom. The first kappa shape index (κ1) is 49.6. The quantitative estimate of drug-likeness (QED) is 0.0852. The summed E-state index contributed by atoms with van der Waals surface area (Å²) in [6, 6.07) is 31.8. The lowest BCUT2D eigenvalue weighted by molar-refractivity contribution is 0.0507. The van der Waals surface area contributed by atoms with Crippen molar-refractivity contribution in [3.8, 4) is 22.5 Å². The van der Waals surface area contributed by atoms with E-state index < -0.39 is 18.0 Å².